The van der Waals surface area contributed by atoms with Gasteiger partial charge in [0.25, 0.3) is 5.91 Å². The van der Waals surface area contributed by atoms with Gasteiger partial charge in [0.15, 0.2) is 5.69 Å². The molecular weight excluding hydrogens is 290 g/mol. The maximum absolute atomic E-state index is 11.9. The normalized spacial score (nSPS) is 10.6. The average molecular weight is 313 g/mol. The number of hydrogen-bond acceptors (Lipinski definition) is 5. The highest BCUT2D eigenvalue weighted by Gasteiger charge is 2.07. The van der Waals surface area contributed by atoms with Crippen molar-refractivity contribution in [3.8, 4) is 0 Å². The molecule has 2 aromatic rings. The average Bonchev–Trinajstić information content (AvgIpc) is 2.58. The van der Waals surface area contributed by atoms with Gasteiger partial charge in [0.05, 0.1) is 0 Å². The molecule has 0 spiro atoms. The molecule has 1 amide bonds. The van der Waals surface area contributed by atoms with Crippen LogP contribution >= 0.6 is 0 Å². The Balaban J connectivity index is 1.78. The minimum Gasteiger partial charge on any atom is -0.365 e. The fourth-order valence-electron chi connectivity index (χ4n) is 2.02. The Hall–Kier alpha value is -2.47. The number of nitrogens with one attached hydrogen (secondary N) is 2. The second kappa shape index (κ2) is 8.85. The van der Waals surface area contributed by atoms with Gasteiger partial charge in [-0.2, -0.15) is 0 Å². The Morgan fingerprint density at radius 1 is 1.09 bits per heavy atom. The van der Waals surface area contributed by atoms with E-state index in [0.29, 0.717) is 24.6 Å². The van der Waals surface area contributed by atoms with Crippen LogP contribution in [0.15, 0.2) is 42.5 Å². The quantitative estimate of drug-likeness (QED) is 0.727. The SMILES string of the molecule is CN(C)CCCNC(=O)c1ccc(NCc2ccccc2)nn1. The summed E-state index contributed by atoms with van der Waals surface area (Å²) >= 11 is 0. The van der Waals surface area contributed by atoms with Crippen molar-refractivity contribution in [2.45, 2.75) is 13.0 Å². The van der Waals surface area contributed by atoms with Crippen molar-refractivity contribution >= 4 is 11.7 Å². The van der Waals surface area contributed by atoms with Gasteiger partial charge in [0.1, 0.15) is 5.82 Å². The summed E-state index contributed by atoms with van der Waals surface area (Å²) in [7, 11) is 4.02. The minimum absolute atomic E-state index is 0.189. The van der Waals surface area contributed by atoms with Crippen LogP contribution in [0, 0.1) is 0 Å². The van der Waals surface area contributed by atoms with Crippen LogP contribution in [0.1, 0.15) is 22.5 Å². The van der Waals surface area contributed by atoms with Crippen molar-refractivity contribution in [3.63, 3.8) is 0 Å². The summed E-state index contributed by atoms with van der Waals surface area (Å²) < 4.78 is 0. The van der Waals surface area contributed by atoms with Crippen molar-refractivity contribution in [2.75, 3.05) is 32.5 Å². The van der Waals surface area contributed by atoms with Gasteiger partial charge < -0.3 is 15.5 Å². The van der Waals surface area contributed by atoms with Gasteiger partial charge in [-0.1, -0.05) is 30.3 Å². The van der Waals surface area contributed by atoms with E-state index < -0.39 is 0 Å². The summed E-state index contributed by atoms with van der Waals surface area (Å²) in [6.07, 6.45) is 0.906. The third-order valence-electron chi connectivity index (χ3n) is 3.28. The van der Waals surface area contributed by atoms with E-state index in [9.17, 15) is 4.79 Å². The smallest absolute Gasteiger partial charge is 0.271 e. The monoisotopic (exact) mass is 313 g/mol. The van der Waals surface area contributed by atoms with Gasteiger partial charge in [-0.15, -0.1) is 10.2 Å². The highest BCUT2D eigenvalue weighted by Crippen LogP contribution is 2.05. The fraction of sp³-hybridized carbons (Fsp3) is 0.353. The molecule has 0 radical (unpaired) electrons. The maximum Gasteiger partial charge on any atom is 0.271 e. The number of amides is 1. The number of carbonyl (C=O) groups excluding carboxylic acids is 1. The molecule has 1 aromatic carbocycles. The molecule has 0 unspecified atom stereocenters. The van der Waals surface area contributed by atoms with E-state index >= 15 is 0 Å². The Morgan fingerprint density at radius 2 is 1.87 bits per heavy atom. The van der Waals surface area contributed by atoms with Crippen molar-refractivity contribution in [3.05, 3.63) is 53.7 Å². The fourth-order valence-corrected chi connectivity index (χ4v) is 2.02. The summed E-state index contributed by atoms with van der Waals surface area (Å²) in [6, 6.07) is 13.5. The van der Waals surface area contributed by atoms with Crippen LogP contribution in [0.3, 0.4) is 0 Å². The van der Waals surface area contributed by atoms with E-state index in [1.807, 2.05) is 44.4 Å². The van der Waals surface area contributed by atoms with E-state index in [-0.39, 0.29) is 5.91 Å². The van der Waals surface area contributed by atoms with Crippen LogP contribution in [-0.4, -0.2) is 48.2 Å². The third-order valence-corrected chi connectivity index (χ3v) is 3.28. The lowest BCUT2D eigenvalue weighted by Crippen LogP contribution is -2.28. The number of benzene rings is 1. The topological polar surface area (TPSA) is 70.2 Å². The largest absolute Gasteiger partial charge is 0.365 e. The zero-order valence-electron chi connectivity index (χ0n) is 13.6. The summed E-state index contributed by atoms with van der Waals surface area (Å²) in [5, 5.41) is 14.0. The predicted molar refractivity (Wildman–Crippen MR) is 91.3 cm³/mol. The van der Waals surface area contributed by atoms with Crippen LogP contribution in [0.5, 0.6) is 0 Å². The van der Waals surface area contributed by atoms with Gasteiger partial charge in [0, 0.05) is 13.1 Å². The second-order valence-corrected chi connectivity index (χ2v) is 5.56. The molecule has 1 heterocycles. The molecule has 0 aliphatic heterocycles. The maximum atomic E-state index is 11.9. The summed E-state index contributed by atoms with van der Waals surface area (Å²) in [4.78, 5) is 14.0. The number of carbonyl (C=O) groups is 1. The molecule has 0 atom stereocenters. The van der Waals surface area contributed by atoms with Crippen molar-refractivity contribution in [2.24, 2.45) is 0 Å². The lowest BCUT2D eigenvalue weighted by atomic mass is 10.2. The Bertz CT molecular complexity index is 598. The molecule has 2 rings (SSSR count). The molecule has 122 valence electrons. The number of nitrogens with zero attached hydrogens (tertiary/aromatic N) is 3. The van der Waals surface area contributed by atoms with Crippen molar-refractivity contribution < 1.29 is 4.79 Å². The molecule has 0 aliphatic rings. The van der Waals surface area contributed by atoms with Gasteiger partial charge in [-0.05, 0) is 44.8 Å². The molecule has 0 bridgehead atoms. The zero-order chi connectivity index (χ0) is 16.5. The zero-order valence-corrected chi connectivity index (χ0v) is 13.6. The molecule has 2 N–H and O–H groups in total. The lowest BCUT2D eigenvalue weighted by Gasteiger charge is -2.09. The first-order valence-electron chi connectivity index (χ1n) is 7.69. The highest BCUT2D eigenvalue weighted by molar-refractivity contribution is 5.92. The molecule has 1 aromatic heterocycles. The summed E-state index contributed by atoms with van der Waals surface area (Å²) in [6.45, 7) is 2.24. The van der Waals surface area contributed by atoms with Gasteiger partial charge >= 0.3 is 0 Å². The van der Waals surface area contributed by atoms with E-state index in [0.717, 1.165) is 18.5 Å². The van der Waals surface area contributed by atoms with Crippen molar-refractivity contribution in [1.82, 2.24) is 20.4 Å². The van der Waals surface area contributed by atoms with Gasteiger partial charge in [-0.25, -0.2) is 0 Å². The number of aromatic nitrogens is 2. The lowest BCUT2D eigenvalue weighted by molar-refractivity contribution is 0.0946. The number of hydrogen-bond donors (Lipinski definition) is 2. The van der Waals surface area contributed by atoms with E-state index in [4.69, 9.17) is 0 Å². The third kappa shape index (κ3) is 6.04. The Morgan fingerprint density at radius 3 is 2.52 bits per heavy atom. The van der Waals surface area contributed by atoms with Gasteiger partial charge in [0.2, 0.25) is 0 Å². The van der Waals surface area contributed by atoms with Crippen LogP contribution in [0.4, 0.5) is 5.82 Å². The van der Waals surface area contributed by atoms with E-state index in [2.05, 4.69) is 25.7 Å². The molecule has 6 nitrogen and oxygen atoms in total. The first-order chi connectivity index (χ1) is 11.1. The predicted octanol–water partition coefficient (Wildman–Crippen LogP) is 1.77. The van der Waals surface area contributed by atoms with Crippen LogP contribution < -0.4 is 10.6 Å². The molecule has 23 heavy (non-hydrogen) atoms. The first kappa shape index (κ1) is 16.9. The molecular formula is C17H23N5O. The molecule has 0 aliphatic carbocycles. The van der Waals surface area contributed by atoms with Crippen molar-refractivity contribution in [1.29, 1.82) is 0 Å². The standard InChI is InChI=1S/C17H23N5O/c1-22(2)12-6-11-18-17(23)15-9-10-16(21-20-15)19-13-14-7-4-3-5-8-14/h3-5,7-10H,6,11-13H2,1-2H3,(H,18,23)(H,19,21). The Kier molecular flexibility index (Phi) is 6.50. The van der Waals surface area contributed by atoms with Gasteiger partial charge in [-0.3, -0.25) is 4.79 Å². The molecule has 0 saturated carbocycles. The van der Waals surface area contributed by atoms with E-state index in [1.54, 1.807) is 12.1 Å². The first-order valence-corrected chi connectivity index (χ1v) is 7.69. The Labute approximate surface area is 136 Å². The number of rotatable bonds is 8. The summed E-state index contributed by atoms with van der Waals surface area (Å²) in [5.74, 6) is 0.462. The highest BCUT2D eigenvalue weighted by atomic mass is 16.1. The van der Waals surface area contributed by atoms with E-state index in [1.165, 1.54) is 0 Å². The minimum atomic E-state index is -0.189. The van der Waals surface area contributed by atoms with Crippen LogP contribution in [0.2, 0.25) is 0 Å². The number of anilines is 1. The summed E-state index contributed by atoms with van der Waals surface area (Å²) in [5.41, 5.74) is 1.50. The molecule has 0 fully saturated rings. The second-order valence-electron chi connectivity index (χ2n) is 5.56. The molecule has 0 saturated heterocycles. The van der Waals surface area contributed by atoms with Crippen LogP contribution in [0.25, 0.3) is 0 Å². The molecule has 6 heteroatoms. The van der Waals surface area contributed by atoms with Crippen LogP contribution in [-0.2, 0) is 6.54 Å².